The third kappa shape index (κ3) is 7.66. The standard InChI is InChI=1S/C9H21NSi/c1-4-7-10-9(2)6-5-8-11-3/h6,10H,4-5,7-8,11H2,1-3H3. The maximum Gasteiger partial charge on any atom is 0.0170 e. The maximum atomic E-state index is 3.37. The summed E-state index contributed by atoms with van der Waals surface area (Å²) in [6.45, 7) is 7.83. The van der Waals surface area contributed by atoms with Crippen LogP contribution >= 0.6 is 0 Å². The third-order valence-electron chi connectivity index (χ3n) is 1.66. The van der Waals surface area contributed by atoms with Crippen LogP contribution in [-0.4, -0.2) is 16.1 Å². The predicted octanol–water partition coefficient (Wildman–Crippen LogP) is 1.92. The van der Waals surface area contributed by atoms with Crippen LogP contribution in [0.25, 0.3) is 0 Å². The summed E-state index contributed by atoms with van der Waals surface area (Å²) in [5, 5.41) is 3.37. The fourth-order valence-corrected chi connectivity index (χ4v) is 1.53. The van der Waals surface area contributed by atoms with Crippen LogP contribution in [0.1, 0.15) is 26.7 Å². The van der Waals surface area contributed by atoms with E-state index in [4.69, 9.17) is 0 Å². The van der Waals surface area contributed by atoms with Crippen LogP contribution < -0.4 is 5.32 Å². The smallest absolute Gasteiger partial charge is 0.0170 e. The van der Waals surface area contributed by atoms with E-state index in [-0.39, 0.29) is 9.52 Å². The molecule has 2 heteroatoms. The molecule has 0 aromatic heterocycles. The second kappa shape index (κ2) is 7.86. The Labute approximate surface area is 73.1 Å². The van der Waals surface area contributed by atoms with Crippen LogP contribution in [0.2, 0.25) is 12.6 Å². The highest BCUT2D eigenvalue weighted by Gasteiger charge is 1.85. The minimum absolute atomic E-state index is 0.279. The Bertz CT molecular complexity index is 110. The van der Waals surface area contributed by atoms with Crippen molar-refractivity contribution in [2.24, 2.45) is 0 Å². The van der Waals surface area contributed by atoms with Crippen molar-refractivity contribution in [2.75, 3.05) is 6.54 Å². The first-order valence-electron chi connectivity index (χ1n) is 4.71. The van der Waals surface area contributed by atoms with Crippen LogP contribution in [0.4, 0.5) is 0 Å². The topological polar surface area (TPSA) is 12.0 Å². The molecular weight excluding hydrogens is 150 g/mol. The molecule has 0 radical (unpaired) electrons. The lowest BCUT2D eigenvalue weighted by Gasteiger charge is -2.03. The summed E-state index contributed by atoms with van der Waals surface area (Å²) < 4.78 is 0. The van der Waals surface area contributed by atoms with E-state index in [1.165, 1.54) is 24.6 Å². The minimum Gasteiger partial charge on any atom is -0.389 e. The number of hydrogen-bond donors (Lipinski definition) is 1. The summed E-state index contributed by atoms with van der Waals surface area (Å²) in [6, 6.07) is 1.45. The molecule has 11 heavy (non-hydrogen) atoms. The molecule has 0 bridgehead atoms. The molecule has 0 amide bonds. The van der Waals surface area contributed by atoms with E-state index < -0.39 is 0 Å². The molecule has 1 nitrogen and oxygen atoms in total. The average molecular weight is 171 g/mol. The lowest BCUT2D eigenvalue weighted by Crippen LogP contribution is -2.11. The van der Waals surface area contributed by atoms with Crippen LogP contribution in [0.5, 0.6) is 0 Å². The Balaban J connectivity index is 3.30. The Hall–Kier alpha value is -0.243. The van der Waals surface area contributed by atoms with Gasteiger partial charge >= 0.3 is 0 Å². The fourth-order valence-electron chi connectivity index (χ4n) is 0.917. The number of rotatable bonds is 6. The normalized spacial score (nSPS) is 12.8. The number of nitrogens with one attached hydrogen (secondary N) is 1. The molecule has 0 aromatic rings. The van der Waals surface area contributed by atoms with Gasteiger partial charge in [0.1, 0.15) is 0 Å². The van der Waals surface area contributed by atoms with Crippen LogP contribution in [0.15, 0.2) is 11.8 Å². The van der Waals surface area contributed by atoms with Gasteiger partial charge in [0.25, 0.3) is 0 Å². The second-order valence-electron chi connectivity index (χ2n) is 2.96. The largest absolute Gasteiger partial charge is 0.389 e. The second-order valence-corrected chi connectivity index (χ2v) is 4.66. The minimum atomic E-state index is 0.279. The molecule has 0 aliphatic heterocycles. The van der Waals surface area contributed by atoms with Gasteiger partial charge in [-0.25, -0.2) is 0 Å². The quantitative estimate of drug-likeness (QED) is 0.475. The van der Waals surface area contributed by atoms with Gasteiger partial charge in [0.15, 0.2) is 0 Å². The van der Waals surface area contributed by atoms with Crippen molar-refractivity contribution in [3.05, 3.63) is 11.8 Å². The van der Waals surface area contributed by atoms with Gasteiger partial charge in [0, 0.05) is 21.8 Å². The molecule has 0 atom stereocenters. The van der Waals surface area contributed by atoms with Crippen LogP contribution in [-0.2, 0) is 0 Å². The molecule has 0 heterocycles. The summed E-state index contributed by atoms with van der Waals surface area (Å²) in [5.74, 6) is 0. The van der Waals surface area contributed by atoms with E-state index in [1.807, 2.05) is 0 Å². The Kier molecular flexibility index (Phi) is 7.69. The molecule has 0 aliphatic rings. The van der Waals surface area contributed by atoms with Crippen molar-refractivity contribution in [1.82, 2.24) is 5.32 Å². The molecule has 0 rings (SSSR count). The first-order valence-corrected chi connectivity index (χ1v) is 7.13. The third-order valence-corrected chi connectivity index (χ3v) is 2.78. The van der Waals surface area contributed by atoms with Gasteiger partial charge in [-0.15, -0.1) is 0 Å². The first-order chi connectivity index (χ1) is 5.31. The first kappa shape index (κ1) is 10.8. The van der Waals surface area contributed by atoms with Crippen molar-refractivity contribution in [3.8, 4) is 0 Å². The molecule has 0 saturated carbocycles. The van der Waals surface area contributed by atoms with Gasteiger partial charge in [-0.1, -0.05) is 25.6 Å². The lowest BCUT2D eigenvalue weighted by atomic mass is 10.3. The highest BCUT2D eigenvalue weighted by Crippen LogP contribution is 1.95. The highest BCUT2D eigenvalue weighted by molar-refractivity contribution is 6.33. The number of hydrogen-bond acceptors (Lipinski definition) is 1. The van der Waals surface area contributed by atoms with E-state index in [2.05, 4.69) is 31.8 Å². The van der Waals surface area contributed by atoms with Gasteiger partial charge < -0.3 is 5.32 Å². The van der Waals surface area contributed by atoms with Crippen molar-refractivity contribution in [1.29, 1.82) is 0 Å². The van der Waals surface area contributed by atoms with Gasteiger partial charge in [-0.2, -0.15) is 0 Å². The van der Waals surface area contributed by atoms with E-state index in [9.17, 15) is 0 Å². The van der Waals surface area contributed by atoms with Crippen molar-refractivity contribution >= 4 is 9.52 Å². The zero-order valence-corrected chi connectivity index (χ0v) is 9.53. The van der Waals surface area contributed by atoms with E-state index in [1.54, 1.807) is 0 Å². The van der Waals surface area contributed by atoms with E-state index in [0.717, 1.165) is 6.54 Å². The van der Waals surface area contributed by atoms with Crippen molar-refractivity contribution in [3.63, 3.8) is 0 Å². The molecule has 0 fully saturated rings. The molecule has 0 aliphatic carbocycles. The molecule has 1 N–H and O–H groups in total. The highest BCUT2D eigenvalue weighted by atomic mass is 28.2. The lowest BCUT2D eigenvalue weighted by molar-refractivity contribution is 0.765. The van der Waals surface area contributed by atoms with Gasteiger partial charge in [0.05, 0.1) is 0 Å². The summed E-state index contributed by atoms with van der Waals surface area (Å²) in [4.78, 5) is 0. The number of allylic oxidation sites excluding steroid dienone is 2. The molecule has 66 valence electrons. The zero-order valence-electron chi connectivity index (χ0n) is 8.11. The monoisotopic (exact) mass is 171 g/mol. The summed E-state index contributed by atoms with van der Waals surface area (Å²) >= 11 is 0. The summed E-state index contributed by atoms with van der Waals surface area (Å²) in [6.07, 6.45) is 4.82. The van der Waals surface area contributed by atoms with Crippen molar-refractivity contribution in [2.45, 2.75) is 39.3 Å². The molecule has 0 saturated heterocycles. The van der Waals surface area contributed by atoms with Crippen LogP contribution in [0, 0.1) is 0 Å². The predicted molar refractivity (Wildman–Crippen MR) is 55.9 cm³/mol. The summed E-state index contributed by atoms with van der Waals surface area (Å²) in [7, 11) is 0.279. The Morgan fingerprint density at radius 1 is 1.55 bits per heavy atom. The summed E-state index contributed by atoms with van der Waals surface area (Å²) in [5.41, 5.74) is 1.36. The molecule has 0 unspecified atom stereocenters. The Morgan fingerprint density at radius 2 is 2.27 bits per heavy atom. The van der Waals surface area contributed by atoms with E-state index >= 15 is 0 Å². The molecule has 0 aromatic carbocycles. The maximum absolute atomic E-state index is 3.37. The van der Waals surface area contributed by atoms with Gasteiger partial charge in [-0.05, 0) is 19.8 Å². The Morgan fingerprint density at radius 3 is 2.82 bits per heavy atom. The fraction of sp³-hybridized carbons (Fsp3) is 0.778. The van der Waals surface area contributed by atoms with Gasteiger partial charge in [0.2, 0.25) is 0 Å². The zero-order chi connectivity index (χ0) is 8.53. The van der Waals surface area contributed by atoms with E-state index in [0.29, 0.717) is 0 Å². The average Bonchev–Trinajstić information content (AvgIpc) is 2.01. The SMILES string of the molecule is CCCNC(C)=CCC[SiH2]C. The van der Waals surface area contributed by atoms with Crippen molar-refractivity contribution < 1.29 is 0 Å². The van der Waals surface area contributed by atoms with Gasteiger partial charge in [-0.3, -0.25) is 0 Å². The van der Waals surface area contributed by atoms with Crippen LogP contribution in [0.3, 0.4) is 0 Å². The molecule has 0 spiro atoms. The molecular formula is C9H21NSi.